The van der Waals surface area contributed by atoms with Gasteiger partial charge in [0.2, 0.25) is 5.91 Å². The Morgan fingerprint density at radius 3 is 2.52 bits per heavy atom. The van der Waals surface area contributed by atoms with Crippen LogP contribution in [0.2, 0.25) is 0 Å². The highest BCUT2D eigenvalue weighted by Crippen LogP contribution is 2.33. The van der Waals surface area contributed by atoms with E-state index in [0.717, 1.165) is 44.5 Å². The second-order valence-electron chi connectivity index (χ2n) is 7.23. The van der Waals surface area contributed by atoms with Crippen LogP contribution in [-0.2, 0) is 16.0 Å². The summed E-state index contributed by atoms with van der Waals surface area (Å²) in [7, 11) is 0. The van der Waals surface area contributed by atoms with E-state index in [-0.39, 0.29) is 18.4 Å². The quantitative estimate of drug-likeness (QED) is 0.892. The van der Waals surface area contributed by atoms with Gasteiger partial charge in [0.05, 0.1) is 12.5 Å². The number of likely N-dealkylation sites (tertiary alicyclic amines) is 1. The van der Waals surface area contributed by atoms with Gasteiger partial charge in [0.1, 0.15) is 0 Å². The van der Waals surface area contributed by atoms with Crippen LogP contribution in [0.3, 0.4) is 0 Å². The fourth-order valence-electron chi connectivity index (χ4n) is 4.21. The summed E-state index contributed by atoms with van der Waals surface area (Å²) in [6.07, 6.45) is 3.47. The Hall–Kier alpha value is -1.88. The Balaban J connectivity index is 1.69. The van der Waals surface area contributed by atoms with Crippen LogP contribution in [0.1, 0.15) is 49.8 Å². The van der Waals surface area contributed by atoms with Crippen LogP contribution in [0.15, 0.2) is 24.3 Å². The molecule has 1 amide bonds. The summed E-state index contributed by atoms with van der Waals surface area (Å²) in [5, 5.41) is 9.33. The number of rotatable bonds is 5. The highest BCUT2D eigenvalue weighted by atomic mass is 16.4. The molecule has 2 aliphatic rings. The molecule has 1 fully saturated rings. The first kappa shape index (κ1) is 17.9. The van der Waals surface area contributed by atoms with Crippen LogP contribution in [0, 0.1) is 5.92 Å². The summed E-state index contributed by atoms with van der Waals surface area (Å²) in [5.41, 5.74) is 2.18. The Bertz CT molecular complexity index is 623. The topological polar surface area (TPSA) is 60.9 Å². The van der Waals surface area contributed by atoms with E-state index < -0.39 is 5.97 Å². The molecule has 0 unspecified atom stereocenters. The lowest BCUT2D eigenvalue weighted by molar-refractivity contribution is -0.142. The lowest BCUT2D eigenvalue weighted by atomic mass is 9.88. The SMILES string of the molecule is CCN1CCC(CC(=O)N2CCc3ccccc3[C@@H]2CC(=O)O)CC1. The van der Waals surface area contributed by atoms with Crippen molar-refractivity contribution in [2.45, 2.75) is 45.1 Å². The Labute approximate surface area is 149 Å². The molecule has 136 valence electrons. The molecule has 2 heterocycles. The lowest BCUT2D eigenvalue weighted by Crippen LogP contribution is -2.42. The molecule has 0 saturated carbocycles. The molecule has 0 radical (unpaired) electrons. The molecule has 1 saturated heterocycles. The van der Waals surface area contributed by atoms with E-state index in [9.17, 15) is 14.7 Å². The minimum Gasteiger partial charge on any atom is -0.481 e. The van der Waals surface area contributed by atoms with Gasteiger partial charge >= 0.3 is 5.97 Å². The maximum absolute atomic E-state index is 12.9. The largest absolute Gasteiger partial charge is 0.481 e. The highest BCUT2D eigenvalue weighted by molar-refractivity contribution is 5.78. The number of benzene rings is 1. The number of hydrogen-bond acceptors (Lipinski definition) is 3. The van der Waals surface area contributed by atoms with Crippen LogP contribution in [0.25, 0.3) is 0 Å². The molecule has 0 aliphatic carbocycles. The normalized spacial score (nSPS) is 21.8. The van der Waals surface area contributed by atoms with Crippen LogP contribution in [0.4, 0.5) is 0 Å². The van der Waals surface area contributed by atoms with Gasteiger partial charge in [-0.3, -0.25) is 9.59 Å². The summed E-state index contributed by atoms with van der Waals surface area (Å²) < 4.78 is 0. The standard InChI is InChI=1S/C20H28N2O3/c1-2-21-10-7-15(8-11-21)13-19(23)22-12-9-16-5-3-4-6-17(16)18(22)14-20(24)25/h3-6,15,18H,2,7-14H2,1H3,(H,24,25)/t18-/m0/s1. The molecular weight excluding hydrogens is 316 g/mol. The number of aliphatic carboxylic acids is 1. The van der Waals surface area contributed by atoms with Gasteiger partial charge in [-0.25, -0.2) is 0 Å². The van der Waals surface area contributed by atoms with Gasteiger partial charge in [0.15, 0.2) is 0 Å². The maximum atomic E-state index is 12.9. The van der Waals surface area contributed by atoms with Crippen molar-refractivity contribution in [2.75, 3.05) is 26.2 Å². The molecule has 3 rings (SSSR count). The van der Waals surface area contributed by atoms with Crippen molar-refractivity contribution >= 4 is 11.9 Å². The van der Waals surface area contributed by atoms with Gasteiger partial charge in [0.25, 0.3) is 0 Å². The van der Waals surface area contributed by atoms with Crippen LogP contribution < -0.4 is 0 Å². The Morgan fingerprint density at radius 2 is 1.84 bits per heavy atom. The van der Waals surface area contributed by atoms with Crippen LogP contribution >= 0.6 is 0 Å². The second kappa shape index (κ2) is 8.00. The van der Waals surface area contributed by atoms with Crippen molar-refractivity contribution in [1.82, 2.24) is 9.80 Å². The van der Waals surface area contributed by atoms with E-state index in [1.54, 1.807) is 0 Å². The van der Waals surface area contributed by atoms with E-state index in [4.69, 9.17) is 0 Å². The number of amides is 1. The number of fused-ring (bicyclic) bond motifs is 1. The van der Waals surface area contributed by atoms with Crippen molar-refractivity contribution < 1.29 is 14.7 Å². The van der Waals surface area contributed by atoms with E-state index in [1.807, 2.05) is 29.2 Å². The van der Waals surface area contributed by atoms with E-state index in [2.05, 4.69) is 11.8 Å². The number of carboxylic acid groups (broad SMARTS) is 1. The van der Waals surface area contributed by atoms with Gasteiger partial charge in [-0.05, 0) is 55.9 Å². The fourth-order valence-corrected chi connectivity index (χ4v) is 4.21. The van der Waals surface area contributed by atoms with Crippen molar-refractivity contribution in [3.05, 3.63) is 35.4 Å². The number of carbonyl (C=O) groups is 2. The lowest BCUT2D eigenvalue weighted by Gasteiger charge is -2.38. The second-order valence-corrected chi connectivity index (χ2v) is 7.23. The molecule has 5 nitrogen and oxygen atoms in total. The van der Waals surface area contributed by atoms with Crippen molar-refractivity contribution in [1.29, 1.82) is 0 Å². The van der Waals surface area contributed by atoms with Crippen molar-refractivity contribution in [3.8, 4) is 0 Å². The minimum atomic E-state index is -0.851. The summed E-state index contributed by atoms with van der Waals surface area (Å²) in [4.78, 5) is 28.5. The average Bonchev–Trinajstić information content (AvgIpc) is 2.62. The molecule has 0 bridgehead atoms. The first-order valence-electron chi connectivity index (χ1n) is 9.40. The molecule has 1 aromatic rings. The molecule has 1 N–H and O–H groups in total. The molecule has 5 heteroatoms. The molecule has 0 aromatic heterocycles. The molecule has 2 aliphatic heterocycles. The summed E-state index contributed by atoms with van der Waals surface area (Å²) in [5.74, 6) is -0.301. The number of carbonyl (C=O) groups excluding carboxylic acids is 1. The summed E-state index contributed by atoms with van der Waals surface area (Å²) >= 11 is 0. The molecule has 1 aromatic carbocycles. The first-order chi connectivity index (χ1) is 12.1. The zero-order chi connectivity index (χ0) is 17.8. The molecule has 25 heavy (non-hydrogen) atoms. The predicted octanol–water partition coefficient (Wildman–Crippen LogP) is 2.71. The minimum absolute atomic E-state index is 0.0168. The predicted molar refractivity (Wildman–Crippen MR) is 96.3 cm³/mol. The molecular formula is C20H28N2O3. The molecule has 1 atom stereocenters. The average molecular weight is 344 g/mol. The third kappa shape index (κ3) is 4.21. The van der Waals surface area contributed by atoms with Crippen molar-refractivity contribution in [2.24, 2.45) is 5.92 Å². The fraction of sp³-hybridized carbons (Fsp3) is 0.600. The van der Waals surface area contributed by atoms with Gasteiger partial charge in [-0.2, -0.15) is 0 Å². The van der Waals surface area contributed by atoms with Gasteiger partial charge in [-0.15, -0.1) is 0 Å². The Morgan fingerprint density at radius 1 is 1.12 bits per heavy atom. The van der Waals surface area contributed by atoms with Gasteiger partial charge in [0, 0.05) is 13.0 Å². The van der Waals surface area contributed by atoms with Crippen LogP contribution in [0.5, 0.6) is 0 Å². The summed E-state index contributed by atoms with van der Waals surface area (Å²) in [6, 6.07) is 7.61. The zero-order valence-electron chi connectivity index (χ0n) is 15.0. The monoisotopic (exact) mass is 344 g/mol. The van der Waals surface area contributed by atoms with E-state index in [1.165, 1.54) is 5.56 Å². The van der Waals surface area contributed by atoms with Crippen LogP contribution in [-0.4, -0.2) is 53.0 Å². The smallest absolute Gasteiger partial charge is 0.305 e. The molecule has 0 spiro atoms. The highest BCUT2D eigenvalue weighted by Gasteiger charge is 2.33. The third-order valence-corrected chi connectivity index (χ3v) is 5.72. The first-order valence-corrected chi connectivity index (χ1v) is 9.40. The zero-order valence-corrected chi connectivity index (χ0v) is 15.0. The number of carboxylic acids is 1. The van der Waals surface area contributed by atoms with Gasteiger partial charge < -0.3 is 14.9 Å². The number of hydrogen-bond donors (Lipinski definition) is 1. The van der Waals surface area contributed by atoms with Gasteiger partial charge in [-0.1, -0.05) is 31.2 Å². The summed E-state index contributed by atoms with van der Waals surface area (Å²) in [6.45, 7) is 6.00. The van der Waals surface area contributed by atoms with E-state index in [0.29, 0.717) is 18.9 Å². The van der Waals surface area contributed by atoms with E-state index >= 15 is 0 Å². The maximum Gasteiger partial charge on any atom is 0.305 e. The third-order valence-electron chi connectivity index (χ3n) is 5.72. The Kier molecular flexibility index (Phi) is 5.74. The number of nitrogens with zero attached hydrogens (tertiary/aromatic N) is 2. The van der Waals surface area contributed by atoms with Crippen molar-refractivity contribution in [3.63, 3.8) is 0 Å². The number of piperidine rings is 1.